The van der Waals surface area contributed by atoms with Crippen molar-refractivity contribution in [1.29, 1.82) is 0 Å². The van der Waals surface area contributed by atoms with Crippen molar-refractivity contribution in [3.05, 3.63) is 71.3 Å². The van der Waals surface area contributed by atoms with Crippen LogP contribution in [0.1, 0.15) is 28.8 Å². The molecule has 1 aliphatic heterocycles. The number of hydrogen-bond acceptors (Lipinski definition) is 2. The number of hydrogen-bond donors (Lipinski definition) is 0. The van der Waals surface area contributed by atoms with Gasteiger partial charge in [-0.3, -0.25) is 4.79 Å². The smallest absolute Gasteiger partial charge is 0.259 e. The molecule has 1 heterocycles. The lowest BCUT2D eigenvalue weighted by atomic mass is 9.97. The van der Waals surface area contributed by atoms with Crippen LogP contribution in [0.5, 0.6) is 0 Å². The third kappa shape index (κ3) is 4.42. The van der Waals surface area contributed by atoms with Crippen molar-refractivity contribution in [3.8, 4) is 0 Å². The highest BCUT2D eigenvalue weighted by Crippen LogP contribution is 2.22. The molecule has 2 aromatic carbocycles. The number of benzene rings is 2. The number of piperidine rings is 1. The van der Waals surface area contributed by atoms with Crippen LogP contribution in [0.2, 0.25) is 0 Å². The number of halogens is 2. The highest BCUT2D eigenvalue weighted by molar-refractivity contribution is 5.94. The SMILES string of the molecule is O=C(c1c(F)cccc1F)N1CCC(COCc2ccccc2)CC1. The Morgan fingerprint density at radius 1 is 1.00 bits per heavy atom. The maximum absolute atomic E-state index is 13.8. The van der Waals surface area contributed by atoms with E-state index in [2.05, 4.69) is 0 Å². The molecular formula is C20H21F2NO2. The normalized spacial score (nSPS) is 15.4. The molecule has 0 atom stereocenters. The Morgan fingerprint density at radius 3 is 2.28 bits per heavy atom. The molecule has 5 heteroatoms. The van der Waals surface area contributed by atoms with Crippen LogP contribution >= 0.6 is 0 Å². The van der Waals surface area contributed by atoms with Crippen molar-refractivity contribution in [2.45, 2.75) is 19.4 Å². The topological polar surface area (TPSA) is 29.5 Å². The van der Waals surface area contributed by atoms with E-state index < -0.39 is 23.1 Å². The number of likely N-dealkylation sites (tertiary alicyclic amines) is 1. The van der Waals surface area contributed by atoms with Crippen molar-refractivity contribution in [1.82, 2.24) is 4.90 Å². The lowest BCUT2D eigenvalue weighted by molar-refractivity contribution is 0.0473. The molecule has 1 aliphatic rings. The van der Waals surface area contributed by atoms with Gasteiger partial charge in [0.15, 0.2) is 0 Å². The Labute approximate surface area is 146 Å². The lowest BCUT2D eigenvalue weighted by Gasteiger charge is -2.32. The highest BCUT2D eigenvalue weighted by atomic mass is 19.1. The molecule has 0 N–H and O–H groups in total. The molecule has 0 saturated carbocycles. The van der Waals surface area contributed by atoms with Gasteiger partial charge in [0.05, 0.1) is 6.61 Å². The summed E-state index contributed by atoms with van der Waals surface area (Å²) in [5.74, 6) is -1.82. The summed E-state index contributed by atoms with van der Waals surface area (Å²) in [5.41, 5.74) is 0.673. The minimum atomic E-state index is -0.807. The van der Waals surface area contributed by atoms with E-state index in [1.165, 1.54) is 11.0 Å². The summed E-state index contributed by atoms with van der Waals surface area (Å²) in [6.45, 7) is 2.18. The van der Waals surface area contributed by atoms with E-state index in [1.54, 1.807) is 0 Å². The van der Waals surface area contributed by atoms with Gasteiger partial charge in [-0.2, -0.15) is 0 Å². The maximum Gasteiger partial charge on any atom is 0.259 e. The molecule has 0 aliphatic carbocycles. The minimum absolute atomic E-state index is 0.359. The van der Waals surface area contributed by atoms with E-state index in [9.17, 15) is 13.6 Å². The summed E-state index contributed by atoms with van der Waals surface area (Å²) in [5, 5.41) is 0. The summed E-state index contributed by atoms with van der Waals surface area (Å²) in [4.78, 5) is 13.9. The first kappa shape index (κ1) is 17.5. The van der Waals surface area contributed by atoms with Crippen molar-refractivity contribution in [2.24, 2.45) is 5.92 Å². The van der Waals surface area contributed by atoms with Crippen molar-refractivity contribution in [3.63, 3.8) is 0 Å². The molecular weight excluding hydrogens is 324 g/mol. The van der Waals surface area contributed by atoms with Gasteiger partial charge in [-0.15, -0.1) is 0 Å². The second-order valence-electron chi connectivity index (χ2n) is 6.33. The molecule has 0 unspecified atom stereocenters. The standard InChI is InChI=1S/C20H21F2NO2/c21-17-7-4-8-18(22)19(17)20(24)23-11-9-16(10-12-23)14-25-13-15-5-2-1-3-6-15/h1-8,16H,9-14H2. The van der Waals surface area contributed by atoms with Gasteiger partial charge < -0.3 is 9.64 Å². The van der Waals surface area contributed by atoms with Gasteiger partial charge >= 0.3 is 0 Å². The molecule has 2 aromatic rings. The molecule has 25 heavy (non-hydrogen) atoms. The zero-order valence-electron chi connectivity index (χ0n) is 14.0. The first-order valence-electron chi connectivity index (χ1n) is 8.50. The van der Waals surface area contributed by atoms with E-state index in [0.717, 1.165) is 30.5 Å². The molecule has 0 spiro atoms. The molecule has 0 radical (unpaired) electrons. The van der Waals surface area contributed by atoms with Crippen LogP contribution in [0, 0.1) is 17.6 Å². The molecule has 1 amide bonds. The fraction of sp³-hybridized carbons (Fsp3) is 0.350. The largest absolute Gasteiger partial charge is 0.376 e. The number of carbonyl (C=O) groups is 1. The molecule has 1 fully saturated rings. The van der Waals surface area contributed by atoms with Crippen molar-refractivity contribution >= 4 is 5.91 Å². The molecule has 3 rings (SSSR count). The van der Waals surface area contributed by atoms with Crippen molar-refractivity contribution < 1.29 is 18.3 Å². The van der Waals surface area contributed by atoms with Crippen LogP contribution < -0.4 is 0 Å². The molecule has 0 aromatic heterocycles. The predicted molar refractivity (Wildman–Crippen MR) is 91.1 cm³/mol. The number of carbonyl (C=O) groups excluding carboxylic acids is 1. The van der Waals surface area contributed by atoms with Gasteiger partial charge in [0.25, 0.3) is 5.91 Å². The summed E-state index contributed by atoms with van der Waals surface area (Å²) in [6, 6.07) is 13.4. The molecule has 3 nitrogen and oxygen atoms in total. The monoisotopic (exact) mass is 345 g/mol. The number of amides is 1. The van der Waals surface area contributed by atoms with E-state index >= 15 is 0 Å². The fourth-order valence-corrected chi connectivity index (χ4v) is 3.08. The van der Waals surface area contributed by atoms with Crippen LogP contribution in [-0.2, 0) is 11.3 Å². The second-order valence-corrected chi connectivity index (χ2v) is 6.33. The Balaban J connectivity index is 1.48. The second kappa shape index (κ2) is 8.21. The minimum Gasteiger partial charge on any atom is -0.376 e. The number of ether oxygens (including phenoxy) is 1. The van der Waals surface area contributed by atoms with Crippen LogP contribution in [-0.4, -0.2) is 30.5 Å². The van der Waals surface area contributed by atoms with Crippen molar-refractivity contribution in [2.75, 3.05) is 19.7 Å². The predicted octanol–water partition coefficient (Wildman–Crippen LogP) is 4.03. The van der Waals surface area contributed by atoms with Crippen LogP contribution in [0.4, 0.5) is 8.78 Å². The Hall–Kier alpha value is -2.27. The van der Waals surface area contributed by atoms with Gasteiger partial charge in [-0.05, 0) is 36.5 Å². The quantitative estimate of drug-likeness (QED) is 0.819. The maximum atomic E-state index is 13.8. The third-order valence-corrected chi connectivity index (χ3v) is 4.54. The average Bonchev–Trinajstić information content (AvgIpc) is 2.63. The molecule has 0 bridgehead atoms. The Kier molecular flexibility index (Phi) is 5.76. The summed E-state index contributed by atoms with van der Waals surface area (Å²) in [7, 11) is 0. The fourth-order valence-electron chi connectivity index (χ4n) is 3.08. The van der Waals surface area contributed by atoms with Gasteiger partial charge in [0.1, 0.15) is 17.2 Å². The van der Waals surface area contributed by atoms with E-state index in [-0.39, 0.29) is 0 Å². The van der Waals surface area contributed by atoms with E-state index in [4.69, 9.17) is 4.74 Å². The van der Waals surface area contributed by atoms with E-state index in [1.807, 2.05) is 30.3 Å². The zero-order chi connectivity index (χ0) is 17.6. The summed E-state index contributed by atoms with van der Waals surface area (Å²) < 4.78 is 33.3. The van der Waals surface area contributed by atoms with Crippen LogP contribution in [0.3, 0.4) is 0 Å². The molecule has 1 saturated heterocycles. The van der Waals surface area contributed by atoms with Gasteiger partial charge in [0, 0.05) is 19.7 Å². The Morgan fingerprint density at radius 2 is 1.64 bits per heavy atom. The molecule has 132 valence electrons. The van der Waals surface area contributed by atoms with Gasteiger partial charge in [0.2, 0.25) is 0 Å². The number of nitrogens with zero attached hydrogens (tertiary/aromatic N) is 1. The third-order valence-electron chi connectivity index (χ3n) is 4.54. The first-order chi connectivity index (χ1) is 12.1. The highest BCUT2D eigenvalue weighted by Gasteiger charge is 2.27. The van der Waals surface area contributed by atoms with Crippen LogP contribution in [0.25, 0.3) is 0 Å². The summed E-state index contributed by atoms with van der Waals surface area (Å²) >= 11 is 0. The summed E-state index contributed by atoms with van der Waals surface area (Å²) in [6.07, 6.45) is 1.55. The van der Waals surface area contributed by atoms with E-state index in [0.29, 0.717) is 32.2 Å². The lowest BCUT2D eigenvalue weighted by Crippen LogP contribution is -2.40. The average molecular weight is 345 g/mol. The van der Waals surface area contributed by atoms with Gasteiger partial charge in [-0.1, -0.05) is 36.4 Å². The number of rotatable bonds is 5. The zero-order valence-corrected chi connectivity index (χ0v) is 14.0. The Bertz CT molecular complexity index is 693. The van der Waals surface area contributed by atoms with Crippen LogP contribution in [0.15, 0.2) is 48.5 Å². The first-order valence-corrected chi connectivity index (χ1v) is 8.50. The van der Waals surface area contributed by atoms with Gasteiger partial charge in [-0.25, -0.2) is 8.78 Å².